The van der Waals surface area contributed by atoms with E-state index in [0.29, 0.717) is 23.0 Å². The second kappa shape index (κ2) is 59.3. The summed E-state index contributed by atoms with van der Waals surface area (Å²) in [7, 11) is 0. The van der Waals surface area contributed by atoms with Crippen LogP contribution in [0.4, 0.5) is 83.4 Å². The number of carboxylic acids is 1. The standard InChI is InChI=1S/C12H8F2N.C11H6F2N.C11H8N.C9H6F3N4.4C8H4F3N4.C8H7N4.C6H5NO2.4Ir.2Pt/c1-8-4-5-15-12(6-8)10-3-2-9(13)7-11(10)14;12-8-4-5-9(10(13)7-8)11-3-1-2-6-14-11;1-2-6-10(7-3-1)11-8-4-5-9-12-11;1-5-2-3-13-6(4-5)7-14-8(16-15-7)9(10,11)12;4*9-8(10,11)7-13-6(14-15-7)5-3-1-2-4-12-5;1-6-10-8(12-11-6)7-4-2-3-5-9-7;8-6(9)5-3-1-2-4-7-5;;;;;;/h2,4-7H,1H3;1-4,6-7H;1-6,8-9H;2-4H,1H3;4*1-4H;2-5H,1H3;1-4H,(H,8,9);;;;;;/q9*-1;;;;;;;+2. The normalized spacial score (nSPS) is 10.4. The van der Waals surface area contributed by atoms with Crippen LogP contribution in [0.25, 0.3) is 103 Å². The molecule has 0 amide bonds. The van der Waals surface area contributed by atoms with Crippen molar-refractivity contribution in [2.75, 3.05) is 0 Å². The average Bonchev–Trinajstić information content (AvgIpc) is 1.58. The number of benzene rings is 3. The molecule has 4 radical (unpaired) electrons. The van der Waals surface area contributed by atoms with Gasteiger partial charge in [-0.25, -0.2) is 9.78 Å². The van der Waals surface area contributed by atoms with E-state index in [4.69, 9.17) is 5.11 Å². The Balaban J connectivity index is 0.000000333. The number of rotatable bonds is 10. The van der Waals surface area contributed by atoms with Crippen LogP contribution >= 0.6 is 0 Å². The van der Waals surface area contributed by atoms with Gasteiger partial charge < -0.3 is 80.6 Å². The quantitative estimate of drug-likeness (QED) is 0.0981. The van der Waals surface area contributed by atoms with Gasteiger partial charge in [-0.2, -0.15) is 65.9 Å². The molecule has 0 aliphatic carbocycles. The number of hydrogen-bond acceptors (Lipinski definition) is 23. The molecule has 0 saturated heterocycles. The smallest absolute Gasteiger partial charge is 0.477 e. The molecular formula is C89H56F19Ir4N28O2Pt2-7. The predicted octanol–water partition coefficient (Wildman–Crippen LogP) is 18.0. The van der Waals surface area contributed by atoms with E-state index in [0.717, 1.165) is 52.3 Å². The van der Waals surface area contributed by atoms with Gasteiger partial charge in [-0.3, -0.25) is 78.1 Å². The molecule has 144 heavy (non-hydrogen) atoms. The summed E-state index contributed by atoms with van der Waals surface area (Å²) in [5.41, 5.74) is 7.32. The summed E-state index contributed by atoms with van der Waals surface area (Å²) in [6.45, 7) is 5.48. The first-order valence-electron chi connectivity index (χ1n) is 38.5. The third-order valence-electron chi connectivity index (χ3n) is 16.0. The van der Waals surface area contributed by atoms with E-state index in [1.807, 2.05) is 73.7 Å². The number of aryl methyl sites for hydroxylation is 3. The summed E-state index contributed by atoms with van der Waals surface area (Å²) < 4.78 is 234. The molecule has 30 nitrogen and oxygen atoms in total. The van der Waals surface area contributed by atoms with Crippen molar-refractivity contribution in [3.8, 4) is 103 Å². The van der Waals surface area contributed by atoms with E-state index >= 15 is 0 Å². The van der Waals surface area contributed by atoms with Gasteiger partial charge in [-0.05, 0) is 181 Å². The Morgan fingerprint density at radius 2 is 0.556 bits per heavy atom. The molecule has 760 valence electrons. The van der Waals surface area contributed by atoms with E-state index in [1.165, 1.54) is 67.5 Å². The van der Waals surface area contributed by atoms with Crippen molar-refractivity contribution < 1.29 is 216 Å². The number of alkyl halides is 15. The summed E-state index contributed by atoms with van der Waals surface area (Å²) in [5.74, 6) is -9.13. The number of aromatic carboxylic acids is 1. The van der Waals surface area contributed by atoms with Crippen molar-refractivity contribution in [1.29, 1.82) is 0 Å². The predicted molar refractivity (Wildman–Crippen MR) is 447 cm³/mol. The summed E-state index contributed by atoms with van der Waals surface area (Å²) in [4.78, 5) is 69.5. The van der Waals surface area contributed by atoms with Crippen molar-refractivity contribution in [3.05, 3.63) is 374 Å². The number of hydrogen-bond donors (Lipinski definition) is 1. The maximum absolute atomic E-state index is 13.4. The zero-order chi connectivity index (χ0) is 99.4. The molecule has 0 aliphatic heterocycles. The monoisotopic (exact) mass is 3070 g/mol. The number of aromatic nitrogens is 28. The average molecular weight is 3070 g/mol. The molecule has 0 atom stereocenters. The fraction of sp³-hybridized carbons (Fsp3) is 0.0899. The van der Waals surface area contributed by atoms with Crippen LogP contribution in [0.1, 0.15) is 56.6 Å². The fourth-order valence-corrected chi connectivity index (χ4v) is 9.93. The molecule has 0 bridgehead atoms. The van der Waals surface area contributed by atoms with Crippen molar-refractivity contribution in [2.24, 2.45) is 0 Å². The molecule has 0 fully saturated rings. The maximum atomic E-state index is 13.4. The maximum Gasteiger partial charge on any atom is 2.00 e. The molecule has 16 aromatic heterocycles. The first kappa shape index (κ1) is 122. The van der Waals surface area contributed by atoms with Gasteiger partial charge in [0.15, 0.2) is 0 Å². The third-order valence-corrected chi connectivity index (χ3v) is 16.0. The Hall–Kier alpha value is -13.9. The molecule has 3 aromatic carbocycles. The van der Waals surface area contributed by atoms with Gasteiger partial charge in [0, 0.05) is 193 Å². The number of nitrogens with zero attached hydrogens (tertiary/aromatic N) is 28. The first-order valence-corrected chi connectivity index (χ1v) is 38.5. The molecule has 0 spiro atoms. The minimum atomic E-state index is -4.57. The molecule has 1 N–H and O–H groups in total. The Kier molecular flexibility index (Phi) is 50.4. The number of carbonyl (C=O) groups is 1. The minimum Gasteiger partial charge on any atom is -0.477 e. The van der Waals surface area contributed by atoms with Crippen molar-refractivity contribution in [1.82, 2.24) is 141 Å². The van der Waals surface area contributed by atoms with E-state index in [9.17, 15) is 88.2 Å². The van der Waals surface area contributed by atoms with Crippen LogP contribution in [0.5, 0.6) is 0 Å². The van der Waals surface area contributed by atoms with E-state index in [2.05, 4.69) is 159 Å². The topological polar surface area (TPSA) is 405 Å². The summed E-state index contributed by atoms with van der Waals surface area (Å²) in [5, 5.41) is 47.3. The minimum absolute atomic E-state index is 0. The van der Waals surface area contributed by atoms with E-state index in [1.54, 1.807) is 136 Å². The third kappa shape index (κ3) is 39.8. The SMILES string of the molecule is Cc1ccnc(-c2[c-]cc(F)cc2F)c1.Cc1ccnc(-c2nc(C(F)(F)F)n[n-]2)c1.Cc1n[n-]c(-c2ccccn2)n1.FC(F)(F)c1n[n-]c(-c2ccccn2)n1.FC(F)(F)c1n[n-]c(-c2ccccn2)n1.FC(F)(F)c1n[n-]c(-c2ccccn2)n1.FC(F)(F)c1n[n-]c(-c2ccccn2)n1.Fc1c[c-]c(-c2ccccn2)c(F)c1.O=C(O)c1ccccn1.[Ir].[Ir].[Ir].[Ir].[Pt+2].[Pt].[c-]1ccccc1-c1ccccn1. The van der Waals surface area contributed by atoms with Crippen LogP contribution in [0, 0.1) is 62.2 Å². The Morgan fingerprint density at radius 3 is 0.806 bits per heavy atom. The van der Waals surface area contributed by atoms with E-state index < -0.39 is 89.2 Å². The molecule has 0 saturated carbocycles. The molecular weight excluding hydrogens is 3010 g/mol. The second-order valence-corrected chi connectivity index (χ2v) is 26.3. The molecule has 19 aromatic rings. The van der Waals surface area contributed by atoms with Gasteiger partial charge in [0.2, 0.25) is 0 Å². The molecule has 16 heterocycles. The molecule has 19 rings (SSSR count). The Labute approximate surface area is 883 Å². The van der Waals surface area contributed by atoms with Gasteiger partial charge >= 0.3 is 57.9 Å². The summed E-state index contributed by atoms with van der Waals surface area (Å²) >= 11 is 0. The zero-order valence-electron chi connectivity index (χ0n) is 72.1. The van der Waals surface area contributed by atoms with Crippen LogP contribution in [0.2, 0.25) is 0 Å². The van der Waals surface area contributed by atoms with Crippen molar-refractivity contribution in [2.45, 2.75) is 51.7 Å². The number of pyridine rings is 10. The van der Waals surface area contributed by atoms with Gasteiger partial charge in [-0.1, -0.05) is 95.6 Å². The van der Waals surface area contributed by atoms with Gasteiger partial charge in [0.1, 0.15) is 34.8 Å². The van der Waals surface area contributed by atoms with Crippen molar-refractivity contribution in [3.63, 3.8) is 0 Å². The van der Waals surface area contributed by atoms with Gasteiger partial charge in [-0.15, -0.1) is 60.2 Å². The van der Waals surface area contributed by atoms with Crippen LogP contribution in [-0.4, -0.2) is 121 Å². The van der Waals surface area contributed by atoms with Gasteiger partial charge in [0.25, 0.3) is 0 Å². The van der Waals surface area contributed by atoms with Crippen LogP contribution in [0.15, 0.2) is 280 Å². The molecule has 55 heteroatoms. The largest absolute Gasteiger partial charge is 2.00 e. The number of halogens is 19. The van der Waals surface area contributed by atoms with Gasteiger partial charge in [0.05, 0.1) is 34.2 Å². The fourth-order valence-electron chi connectivity index (χ4n) is 9.93. The second-order valence-electron chi connectivity index (χ2n) is 26.3. The van der Waals surface area contributed by atoms with Crippen LogP contribution in [-0.2, 0) is 153 Å². The Bertz CT molecular complexity index is 6550. The summed E-state index contributed by atoms with van der Waals surface area (Å²) in [6, 6.07) is 67.2. The van der Waals surface area contributed by atoms with Crippen LogP contribution in [0.3, 0.4) is 0 Å². The molecule has 0 unspecified atom stereocenters. The van der Waals surface area contributed by atoms with E-state index in [-0.39, 0.29) is 197 Å². The first-order chi connectivity index (χ1) is 65.8. The Morgan fingerprint density at radius 1 is 0.292 bits per heavy atom. The molecule has 0 aliphatic rings. The number of carboxylic acid groups (broad SMARTS) is 1. The van der Waals surface area contributed by atoms with Crippen molar-refractivity contribution >= 4 is 5.97 Å². The zero-order valence-corrected chi connectivity index (χ0v) is 86.2. The summed E-state index contributed by atoms with van der Waals surface area (Å²) in [6.07, 6.45) is -7.52. The van der Waals surface area contributed by atoms with Crippen LogP contribution < -0.4 is 30.6 Å².